The Morgan fingerprint density at radius 2 is 1.82 bits per heavy atom. The molecule has 0 saturated heterocycles. The summed E-state index contributed by atoms with van der Waals surface area (Å²) in [5.74, 6) is -0.266. The largest absolute Gasteiger partial charge is 0.355 e. The van der Waals surface area contributed by atoms with Crippen LogP contribution in [-0.4, -0.2) is 31.4 Å². The molecule has 0 aliphatic rings. The number of amides is 2. The van der Waals surface area contributed by atoms with Crippen LogP contribution in [0.25, 0.3) is 0 Å². The highest BCUT2D eigenvalue weighted by atomic mass is 79.9. The molecule has 0 aliphatic heterocycles. The van der Waals surface area contributed by atoms with Gasteiger partial charge in [-0.05, 0) is 18.6 Å². The van der Waals surface area contributed by atoms with Crippen molar-refractivity contribution < 1.29 is 14.9 Å². The predicted octanol–water partition coefficient (Wildman–Crippen LogP) is 1.11. The average Bonchev–Trinajstić information content (AvgIpc) is 2.53. The van der Waals surface area contributed by atoms with Crippen molar-refractivity contribution in [2.75, 3.05) is 19.6 Å². The SMILES string of the molecule is CCCNC(=O)CNC(=O)C[NH2+][C@@H](CC)c1ccc(Br)cc1. The molecule has 5 nitrogen and oxygen atoms in total. The predicted molar refractivity (Wildman–Crippen MR) is 90.3 cm³/mol. The third kappa shape index (κ3) is 7.04. The molecular weight excluding hydrogens is 346 g/mol. The van der Waals surface area contributed by atoms with E-state index in [0.29, 0.717) is 13.1 Å². The third-order valence-electron chi connectivity index (χ3n) is 3.34. The fourth-order valence-electron chi connectivity index (χ4n) is 2.08. The Balaban J connectivity index is 2.35. The molecule has 0 heterocycles. The van der Waals surface area contributed by atoms with Gasteiger partial charge in [0.2, 0.25) is 5.91 Å². The zero-order valence-electron chi connectivity index (χ0n) is 13.2. The lowest BCUT2D eigenvalue weighted by atomic mass is 10.0. The first-order valence-corrected chi connectivity index (χ1v) is 8.48. The molecule has 0 unspecified atom stereocenters. The Labute approximate surface area is 140 Å². The van der Waals surface area contributed by atoms with Gasteiger partial charge in [0, 0.05) is 23.0 Å². The smallest absolute Gasteiger partial charge is 0.275 e. The number of rotatable bonds is 9. The van der Waals surface area contributed by atoms with E-state index < -0.39 is 0 Å². The van der Waals surface area contributed by atoms with E-state index in [1.54, 1.807) is 0 Å². The van der Waals surface area contributed by atoms with Crippen LogP contribution in [0.1, 0.15) is 38.3 Å². The van der Waals surface area contributed by atoms with E-state index in [1.165, 1.54) is 5.56 Å². The minimum Gasteiger partial charge on any atom is -0.355 e. The van der Waals surface area contributed by atoms with E-state index in [1.807, 2.05) is 24.4 Å². The molecule has 0 spiro atoms. The Hall–Kier alpha value is -1.40. The number of carbonyl (C=O) groups excluding carboxylic acids is 2. The summed E-state index contributed by atoms with van der Waals surface area (Å²) in [7, 11) is 0. The highest BCUT2D eigenvalue weighted by molar-refractivity contribution is 9.10. The van der Waals surface area contributed by atoms with Crippen LogP contribution < -0.4 is 16.0 Å². The van der Waals surface area contributed by atoms with E-state index in [-0.39, 0.29) is 24.4 Å². The summed E-state index contributed by atoms with van der Waals surface area (Å²) in [5, 5.41) is 7.37. The first-order chi connectivity index (χ1) is 10.6. The minimum atomic E-state index is -0.143. The van der Waals surface area contributed by atoms with Gasteiger partial charge in [0.1, 0.15) is 6.04 Å². The molecule has 1 aromatic carbocycles. The molecule has 6 heteroatoms. The van der Waals surface area contributed by atoms with E-state index in [0.717, 1.165) is 17.3 Å². The van der Waals surface area contributed by atoms with Crippen molar-refractivity contribution in [3.63, 3.8) is 0 Å². The lowest BCUT2D eigenvalue weighted by Gasteiger charge is -2.14. The van der Waals surface area contributed by atoms with Gasteiger partial charge in [-0.15, -0.1) is 0 Å². The maximum absolute atomic E-state index is 11.8. The number of carbonyl (C=O) groups is 2. The van der Waals surface area contributed by atoms with E-state index in [9.17, 15) is 9.59 Å². The second kappa shape index (κ2) is 10.3. The van der Waals surface area contributed by atoms with Crippen molar-refractivity contribution in [2.45, 2.75) is 32.7 Å². The Bertz CT molecular complexity index is 477. The highest BCUT2D eigenvalue weighted by Crippen LogP contribution is 2.16. The van der Waals surface area contributed by atoms with Crippen LogP contribution in [0.2, 0.25) is 0 Å². The molecule has 0 saturated carbocycles. The molecule has 0 bridgehead atoms. The van der Waals surface area contributed by atoms with Crippen LogP contribution in [0.15, 0.2) is 28.7 Å². The van der Waals surface area contributed by atoms with Gasteiger partial charge in [-0.1, -0.05) is 41.9 Å². The van der Waals surface area contributed by atoms with Crippen LogP contribution in [0.3, 0.4) is 0 Å². The summed E-state index contributed by atoms with van der Waals surface area (Å²) in [6, 6.07) is 8.37. The number of quaternary nitrogens is 1. The summed E-state index contributed by atoms with van der Waals surface area (Å²) in [4.78, 5) is 23.2. The maximum Gasteiger partial charge on any atom is 0.275 e. The average molecular weight is 371 g/mol. The first kappa shape index (κ1) is 18.6. The van der Waals surface area contributed by atoms with Crippen LogP contribution in [-0.2, 0) is 9.59 Å². The quantitative estimate of drug-likeness (QED) is 0.608. The summed E-state index contributed by atoms with van der Waals surface area (Å²) in [5.41, 5.74) is 1.19. The van der Waals surface area contributed by atoms with Gasteiger partial charge in [0.15, 0.2) is 6.54 Å². The van der Waals surface area contributed by atoms with Crippen LogP contribution in [0.5, 0.6) is 0 Å². The number of hydrogen-bond donors (Lipinski definition) is 3. The molecule has 2 amide bonds. The van der Waals surface area contributed by atoms with E-state index in [4.69, 9.17) is 0 Å². The van der Waals surface area contributed by atoms with E-state index in [2.05, 4.69) is 45.6 Å². The molecule has 0 aromatic heterocycles. The standard InChI is InChI=1S/C16H24BrN3O2/c1-3-9-18-15(21)11-20-16(22)10-19-14(4-2)12-5-7-13(17)8-6-12/h5-8,14,19H,3-4,9-11H2,1-2H3,(H,18,21)(H,20,22)/p+1/t14-/m0/s1. The summed E-state index contributed by atoms with van der Waals surface area (Å²) in [6.07, 6.45) is 1.82. The van der Waals surface area contributed by atoms with Crippen molar-refractivity contribution in [1.82, 2.24) is 10.6 Å². The number of hydrogen-bond acceptors (Lipinski definition) is 2. The van der Waals surface area contributed by atoms with Crippen molar-refractivity contribution in [1.29, 1.82) is 0 Å². The summed E-state index contributed by atoms with van der Waals surface area (Å²) >= 11 is 3.42. The van der Waals surface area contributed by atoms with Gasteiger partial charge in [0.25, 0.3) is 5.91 Å². The fraction of sp³-hybridized carbons (Fsp3) is 0.500. The molecule has 122 valence electrons. The number of benzene rings is 1. The Kier molecular flexibility index (Phi) is 8.77. The second-order valence-electron chi connectivity index (χ2n) is 5.13. The van der Waals surface area contributed by atoms with E-state index >= 15 is 0 Å². The zero-order chi connectivity index (χ0) is 16.4. The number of nitrogens with one attached hydrogen (secondary N) is 2. The summed E-state index contributed by atoms with van der Waals surface area (Å²) < 4.78 is 1.04. The number of nitrogens with two attached hydrogens (primary N) is 1. The molecule has 1 atom stereocenters. The van der Waals surface area contributed by atoms with Crippen molar-refractivity contribution in [3.8, 4) is 0 Å². The molecule has 0 radical (unpaired) electrons. The Morgan fingerprint density at radius 3 is 2.41 bits per heavy atom. The van der Waals surface area contributed by atoms with Crippen molar-refractivity contribution in [2.24, 2.45) is 0 Å². The fourth-order valence-corrected chi connectivity index (χ4v) is 2.34. The van der Waals surface area contributed by atoms with Gasteiger partial charge in [-0.25, -0.2) is 0 Å². The molecular formula is C16H25BrN3O2+. The molecule has 1 rings (SSSR count). The molecule has 0 aliphatic carbocycles. The first-order valence-electron chi connectivity index (χ1n) is 7.69. The third-order valence-corrected chi connectivity index (χ3v) is 3.87. The minimum absolute atomic E-state index is 0.0434. The van der Waals surface area contributed by atoms with Gasteiger partial charge >= 0.3 is 0 Å². The van der Waals surface area contributed by atoms with Crippen LogP contribution in [0, 0.1) is 0 Å². The summed E-state index contributed by atoms with van der Waals surface area (Å²) in [6.45, 7) is 5.08. The highest BCUT2D eigenvalue weighted by Gasteiger charge is 2.14. The Morgan fingerprint density at radius 1 is 1.14 bits per heavy atom. The monoisotopic (exact) mass is 370 g/mol. The number of halogens is 1. The normalized spacial score (nSPS) is 11.8. The van der Waals surface area contributed by atoms with Crippen LogP contribution >= 0.6 is 15.9 Å². The molecule has 0 fully saturated rings. The van der Waals surface area contributed by atoms with Crippen molar-refractivity contribution in [3.05, 3.63) is 34.3 Å². The lowest BCUT2D eigenvalue weighted by molar-refractivity contribution is -0.686. The molecule has 4 N–H and O–H groups in total. The maximum atomic E-state index is 11.8. The van der Waals surface area contributed by atoms with Gasteiger partial charge in [0.05, 0.1) is 6.54 Å². The van der Waals surface area contributed by atoms with Gasteiger partial charge < -0.3 is 16.0 Å². The zero-order valence-corrected chi connectivity index (χ0v) is 14.8. The lowest BCUT2D eigenvalue weighted by Crippen LogP contribution is -2.87. The second-order valence-corrected chi connectivity index (χ2v) is 6.05. The van der Waals surface area contributed by atoms with Gasteiger partial charge in [-0.3, -0.25) is 9.59 Å². The van der Waals surface area contributed by atoms with Crippen molar-refractivity contribution >= 4 is 27.7 Å². The molecule has 1 aromatic rings. The molecule has 22 heavy (non-hydrogen) atoms. The van der Waals surface area contributed by atoms with Crippen LogP contribution in [0.4, 0.5) is 0 Å². The topological polar surface area (TPSA) is 74.8 Å². The van der Waals surface area contributed by atoms with Gasteiger partial charge in [-0.2, -0.15) is 0 Å².